The van der Waals surface area contributed by atoms with Gasteiger partial charge in [-0.3, -0.25) is 14.6 Å². The first-order valence-electron chi connectivity index (χ1n) is 20.6. The van der Waals surface area contributed by atoms with Crippen LogP contribution in [0.15, 0.2) is 77.2 Å². The number of amides is 4. The number of halogens is 8. The van der Waals surface area contributed by atoms with E-state index in [2.05, 4.69) is 15.1 Å². The number of likely N-dealkylation sites (N-methyl/N-ethyl adjacent to an activating group) is 2. The fourth-order valence-corrected chi connectivity index (χ4v) is 8.02. The lowest BCUT2D eigenvalue weighted by molar-refractivity contribution is 0.100. The largest absolute Gasteiger partial charge is 0.415 e. The van der Waals surface area contributed by atoms with Crippen molar-refractivity contribution in [1.82, 2.24) is 29.8 Å². The Labute approximate surface area is 387 Å². The summed E-state index contributed by atoms with van der Waals surface area (Å²) in [6, 6.07) is 14.9. The molecule has 2 aliphatic heterocycles. The topological polar surface area (TPSA) is 136 Å². The Kier molecular flexibility index (Phi) is 16.4. The van der Waals surface area contributed by atoms with Crippen molar-refractivity contribution in [3.8, 4) is 11.5 Å². The van der Waals surface area contributed by atoms with E-state index in [9.17, 15) is 36.3 Å². The predicted octanol–water partition coefficient (Wildman–Crippen LogP) is 8.89. The third kappa shape index (κ3) is 11.8. The Hall–Kier alpha value is -5.73. The third-order valence-corrected chi connectivity index (χ3v) is 11.9. The van der Waals surface area contributed by atoms with Crippen molar-refractivity contribution in [2.45, 2.75) is 44.4 Å². The number of nitrogens with zero attached hydrogens (tertiary/aromatic N) is 8. The summed E-state index contributed by atoms with van der Waals surface area (Å²) in [5.74, 6) is -3.97. The molecule has 66 heavy (non-hydrogen) atoms. The predicted molar refractivity (Wildman–Crippen MR) is 238 cm³/mol. The molecule has 2 N–H and O–H groups in total. The van der Waals surface area contributed by atoms with Crippen LogP contribution >= 0.6 is 23.2 Å². The van der Waals surface area contributed by atoms with E-state index in [0.29, 0.717) is 26.2 Å². The molecule has 0 unspecified atom stereocenters. The van der Waals surface area contributed by atoms with E-state index in [4.69, 9.17) is 33.4 Å². The van der Waals surface area contributed by atoms with Gasteiger partial charge in [0.25, 0.3) is 5.89 Å². The maximum Gasteiger partial charge on any atom is 0.324 e. The summed E-state index contributed by atoms with van der Waals surface area (Å²) < 4.78 is 87.4. The quantitative estimate of drug-likeness (QED) is 0.0961. The number of aromatic nitrogens is 2. The van der Waals surface area contributed by atoms with E-state index in [1.54, 1.807) is 9.80 Å². The lowest BCUT2D eigenvalue weighted by Gasteiger charge is -2.29. The van der Waals surface area contributed by atoms with Crippen LogP contribution in [0.2, 0.25) is 10.0 Å². The van der Waals surface area contributed by atoms with E-state index in [1.165, 1.54) is 58.3 Å². The molecule has 4 amide bonds. The molecule has 1 aromatic heterocycles. The van der Waals surface area contributed by atoms with Crippen molar-refractivity contribution in [1.29, 1.82) is 0 Å². The number of nitrogens with two attached hydrogens (primary N) is 1. The number of urea groups is 2. The van der Waals surface area contributed by atoms with Crippen LogP contribution in [0, 0.1) is 23.3 Å². The van der Waals surface area contributed by atoms with E-state index in [1.807, 2.05) is 33.1 Å². The summed E-state index contributed by atoms with van der Waals surface area (Å²) in [5, 5.41) is 6.81. The number of alkyl halides is 2. The number of anilines is 2. The molecule has 4 aromatic carbocycles. The summed E-state index contributed by atoms with van der Waals surface area (Å²) in [6.07, 6.45) is -1.36. The van der Waals surface area contributed by atoms with Gasteiger partial charge in [-0.25, -0.2) is 27.2 Å². The van der Waals surface area contributed by atoms with Gasteiger partial charge in [-0.2, -0.15) is 8.78 Å². The molecule has 2 aliphatic rings. The molecule has 0 bridgehead atoms. The highest BCUT2D eigenvalue weighted by molar-refractivity contribution is 6.34. The second-order valence-electron chi connectivity index (χ2n) is 16.1. The first kappa shape index (κ1) is 49.7. The van der Waals surface area contributed by atoms with Gasteiger partial charge in [0.15, 0.2) is 5.78 Å². The molecule has 5 aromatic rings. The minimum Gasteiger partial charge on any atom is -0.415 e. The van der Waals surface area contributed by atoms with Gasteiger partial charge in [-0.1, -0.05) is 41.4 Å². The normalized spacial score (nSPS) is 16.0. The van der Waals surface area contributed by atoms with Crippen molar-refractivity contribution in [2.24, 2.45) is 5.73 Å². The van der Waals surface area contributed by atoms with Crippen molar-refractivity contribution in [3.05, 3.63) is 129 Å². The number of likely N-dealkylation sites (tertiary alicyclic amines) is 2. The summed E-state index contributed by atoms with van der Waals surface area (Å²) in [7, 11) is 7.76. The van der Waals surface area contributed by atoms with Gasteiger partial charge in [0, 0.05) is 60.5 Å². The standard InChI is InChI=1S/C23H22ClF4N5O2.C22H25ClF2N4O2/c1-31(2)16-7-8-32(12-16)23(34)33(19-6-5-15(25)10-17(19)24)11-14-4-3-13(9-18(14)26)21-29-30-22(35-21)20(27)28;1-27(2)17-7-8-28(13-17)22(31)29(20-6-5-16(24)10-18(20)23)12-15-4-3-14(9-19(15)25)21(30)11-26/h3-6,9-10,16,20H,7-8,11-12H2,1-2H3;3-6,9-10,17H,7-8,11-13,26H2,1-2H3/t16-;17-/m00/s1. The van der Waals surface area contributed by atoms with Crippen LogP contribution in [-0.4, -0.2) is 121 Å². The van der Waals surface area contributed by atoms with Crippen LogP contribution in [0.3, 0.4) is 0 Å². The molecule has 13 nitrogen and oxygen atoms in total. The monoisotopic (exact) mass is 961 g/mol. The molecule has 2 saturated heterocycles. The number of carbonyl (C=O) groups is 3. The molecular formula is C45H47Cl2F6N9O4. The molecule has 352 valence electrons. The molecular weight excluding hydrogens is 915 g/mol. The Morgan fingerprint density at radius 3 is 1.59 bits per heavy atom. The first-order chi connectivity index (χ1) is 31.3. The number of hydrogen-bond acceptors (Lipinski definition) is 9. The number of rotatable bonds is 12. The zero-order valence-electron chi connectivity index (χ0n) is 36.3. The summed E-state index contributed by atoms with van der Waals surface area (Å²) in [4.78, 5) is 48.6. The smallest absolute Gasteiger partial charge is 0.324 e. The minimum absolute atomic E-state index is 0.00382. The van der Waals surface area contributed by atoms with E-state index >= 15 is 4.39 Å². The molecule has 3 heterocycles. The van der Waals surface area contributed by atoms with Gasteiger partial charge < -0.3 is 29.8 Å². The van der Waals surface area contributed by atoms with Crippen LogP contribution in [0.4, 0.5) is 47.3 Å². The molecule has 0 aliphatic carbocycles. The van der Waals surface area contributed by atoms with Gasteiger partial charge in [0.2, 0.25) is 5.89 Å². The number of benzene rings is 4. The van der Waals surface area contributed by atoms with Gasteiger partial charge >= 0.3 is 18.5 Å². The molecule has 0 radical (unpaired) electrons. The van der Waals surface area contributed by atoms with Gasteiger partial charge in [0.1, 0.15) is 23.3 Å². The van der Waals surface area contributed by atoms with Crippen LogP contribution in [-0.2, 0) is 13.1 Å². The molecule has 2 atom stereocenters. The third-order valence-electron chi connectivity index (χ3n) is 11.3. The fourth-order valence-electron chi connectivity index (χ4n) is 7.48. The molecule has 7 rings (SSSR count). The Balaban J connectivity index is 0.000000220. The first-order valence-corrected chi connectivity index (χ1v) is 21.4. The summed E-state index contributed by atoms with van der Waals surface area (Å²) in [6.45, 7) is 1.49. The lowest BCUT2D eigenvalue weighted by Crippen LogP contribution is -2.43. The van der Waals surface area contributed by atoms with E-state index in [-0.39, 0.29) is 93.1 Å². The molecule has 0 spiro atoms. The molecule has 21 heteroatoms. The number of Topliss-reactive ketones (excluding diaryl/α,β-unsaturated/α-hetero) is 1. The molecule has 2 fully saturated rings. The second-order valence-corrected chi connectivity index (χ2v) is 16.9. The highest BCUT2D eigenvalue weighted by Gasteiger charge is 2.34. The Morgan fingerprint density at radius 2 is 1.20 bits per heavy atom. The van der Waals surface area contributed by atoms with Crippen LogP contribution in [0.25, 0.3) is 11.5 Å². The van der Waals surface area contributed by atoms with Crippen LogP contribution in [0.5, 0.6) is 0 Å². The van der Waals surface area contributed by atoms with Crippen molar-refractivity contribution >= 4 is 52.4 Å². The fraction of sp³-hybridized carbons (Fsp3) is 0.356. The average molecular weight is 963 g/mol. The lowest BCUT2D eigenvalue weighted by atomic mass is 10.1. The van der Waals surface area contributed by atoms with Crippen molar-refractivity contribution < 1.29 is 45.1 Å². The zero-order valence-corrected chi connectivity index (χ0v) is 37.8. The maximum atomic E-state index is 15.1. The van der Waals surface area contributed by atoms with Gasteiger partial charge in [-0.15, -0.1) is 10.2 Å². The highest BCUT2D eigenvalue weighted by Crippen LogP contribution is 2.33. The Bertz CT molecular complexity index is 2550. The summed E-state index contributed by atoms with van der Waals surface area (Å²) in [5.41, 5.74) is 6.45. The SMILES string of the molecule is CN(C)[C@H]1CCN(C(=O)N(Cc2ccc(-c3nnc(C(F)F)o3)cc2F)c2ccc(F)cc2Cl)C1.CN(C)[C@H]1CCN(C(=O)N(Cc2ccc(C(=O)CN)cc2F)c2ccc(F)cc2Cl)C1. The van der Waals surface area contributed by atoms with Crippen LogP contribution < -0.4 is 15.5 Å². The van der Waals surface area contributed by atoms with Crippen molar-refractivity contribution in [2.75, 3.05) is 70.7 Å². The zero-order chi connectivity index (χ0) is 48.0. The number of carbonyl (C=O) groups excluding carboxylic acids is 3. The maximum absolute atomic E-state index is 15.1. The van der Waals surface area contributed by atoms with E-state index in [0.717, 1.165) is 37.1 Å². The minimum atomic E-state index is -2.95. The van der Waals surface area contributed by atoms with Gasteiger partial charge in [0.05, 0.1) is 41.1 Å². The van der Waals surface area contributed by atoms with E-state index < -0.39 is 41.6 Å². The number of ketones is 1. The van der Waals surface area contributed by atoms with Crippen molar-refractivity contribution in [3.63, 3.8) is 0 Å². The Morgan fingerprint density at radius 1 is 0.712 bits per heavy atom. The van der Waals surface area contributed by atoms with Gasteiger partial charge in [-0.05, 0) is 95.6 Å². The average Bonchev–Trinajstić information content (AvgIpc) is 4.08. The summed E-state index contributed by atoms with van der Waals surface area (Å²) >= 11 is 12.5. The molecule has 0 saturated carbocycles. The highest BCUT2D eigenvalue weighted by atomic mass is 35.5. The number of hydrogen-bond donors (Lipinski definition) is 1. The van der Waals surface area contributed by atoms with Crippen LogP contribution in [0.1, 0.15) is 46.6 Å². The second kappa shape index (κ2) is 21.7.